The Morgan fingerprint density at radius 3 is 2.68 bits per heavy atom. The van der Waals surface area contributed by atoms with Gasteiger partial charge in [-0.3, -0.25) is 9.78 Å². The van der Waals surface area contributed by atoms with Crippen molar-refractivity contribution >= 4 is 16.8 Å². The van der Waals surface area contributed by atoms with Crippen LogP contribution in [0.3, 0.4) is 0 Å². The number of aryl methyl sites for hydroxylation is 1. The van der Waals surface area contributed by atoms with E-state index in [0.717, 1.165) is 42.5 Å². The molecule has 22 heavy (non-hydrogen) atoms. The molecule has 0 bridgehead atoms. The van der Waals surface area contributed by atoms with E-state index in [0.29, 0.717) is 11.5 Å². The van der Waals surface area contributed by atoms with Gasteiger partial charge in [0.25, 0.3) is 5.91 Å². The number of carbonyl (C=O) groups is 1. The van der Waals surface area contributed by atoms with Crippen LogP contribution < -0.4 is 5.73 Å². The minimum atomic E-state index is 0.0897. The second-order valence-corrected chi connectivity index (χ2v) is 6.32. The van der Waals surface area contributed by atoms with Gasteiger partial charge in [0.15, 0.2) is 0 Å². The van der Waals surface area contributed by atoms with Crippen LogP contribution >= 0.6 is 0 Å². The Hall–Kier alpha value is -1.94. The van der Waals surface area contributed by atoms with Crippen LogP contribution in [0.5, 0.6) is 0 Å². The topological polar surface area (TPSA) is 59.2 Å². The summed E-state index contributed by atoms with van der Waals surface area (Å²) in [6.07, 6.45) is 1.97. The number of hydrogen-bond donors (Lipinski definition) is 1. The molecule has 1 aromatic heterocycles. The van der Waals surface area contributed by atoms with Gasteiger partial charge >= 0.3 is 0 Å². The number of fused-ring (bicyclic) bond motifs is 1. The zero-order valence-corrected chi connectivity index (χ0v) is 13.2. The average molecular weight is 297 g/mol. The number of likely N-dealkylation sites (tertiary alicyclic amines) is 1. The lowest BCUT2D eigenvalue weighted by atomic mass is 9.90. The molecular formula is C18H23N3O. The molecule has 4 nitrogen and oxygen atoms in total. The number of nitrogens with two attached hydrogens (primary N) is 1. The lowest BCUT2D eigenvalue weighted by molar-refractivity contribution is 0.0683. The van der Waals surface area contributed by atoms with Gasteiger partial charge in [0.1, 0.15) is 0 Å². The summed E-state index contributed by atoms with van der Waals surface area (Å²) in [5.41, 5.74) is 8.43. The fraction of sp³-hybridized carbons (Fsp3) is 0.444. The summed E-state index contributed by atoms with van der Waals surface area (Å²) >= 11 is 0. The molecule has 1 atom stereocenters. The molecule has 0 aliphatic carbocycles. The number of benzene rings is 1. The van der Waals surface area contributed by atoms with Crippen LogP contribution in [0.2, 0.25) is 0 Å². The van der Waals surface area contributed by atoms with E-state index < -0.39 is 0 Å². The minimum Gasteiger partial charge on any atom is -0.339 e. The fourth-order valence-corrected chi connectivity index (χ4v) is 3.22. The molecule has 4 heteroatoms. The van der Waals surface area contributed by atoms with Gasteiger partial charge in [0.2, 0.25) is 0 Å². The number of piperidine rings is 1. The molecule has 0 spiro atoms. The summed E-state index contributed by atoms with van der Waals surface area (Å²) in [7, 11) is 0. The van der Waals surface area contributed by atoms with Crippen molar-refractivity contribution in [2.75, 3.05) is 13.1 Å². The molecule has 2 aromatic rings. The quantitative estimate of drug-likeness (QED) is 0.927. The Kier molecular flexibility index (Phi) is 4.12. The average Bonchev–Trinajstić information content (AvgIpc) is 2.53. The Morgan fingerprint density at radius 1 is 1.27 bits per heavy atom. The normalized spacial score (nSPS) is 17.7. The third-order valence-electron chi connectivity index (χ3n) is 4.66. The standard InChI is InChI=1S/C18H23N3O/c1-12-6-7-15-4-3-5-16(17(15)20-12)18(22)21-10-8-14(9-11-21)13(2)19/h3-7,13-14H,8-11,19H2,1-2H3. The maximum atomic E-state index is 12.9. The van der Waals surface area contributed by atoms with Crippen molar-refractivity contribution < 1.29 is 4.79 Å². The first-order valence-corrected chi connectivity index (χ1v) is 7.97. The number of rotatable bonds is 2. The number of nitrogens with zero attached hydrogens (tertiary/aromatic N) is 2. The molecule has 1 saturated heterocycles. The number of para-hydroxylation sites is 1. The second kappa shape index (κ2) is 6.05. The molecule has 1 unspecified atom stereocenters. The van der Waals surface area contributed by atoms with Crippen molar-refractivity contribution in [3.63, 3.8) is 0 Å². The smallest absolute Gasteiger partial charge is 0.256 e. The third-order valence-corrected chi connectivity index (χ3v) is 4.66. The van der Waals surface area contributed by atoms with E-state index in [2.05, 4.69) is 11.9 Å². The Bertz CT molecular complexity index is 688. The SMILES string of the molecule is Cc1ccc2cccc(C(=O)N3CCC(C(C)N)CC3)c2n1. The number of aromatic nitrogens is 1. The van der Waals surface area contributed by atoms with Gasteiger partial charge < -0.3 is 10.6 Å². The lowest BCUT2D eigenvalue weighted by Gasteiger charge is -2.33. The molecular weight excluding hydrogens is 274 g/mol. The van der Waals surface area contributed by atoms with E-state index >= 15 is 0 Å². The Balaban J connectivity index is 1.86. The molecule has 1 fully saturated rings. The van der Waals surface area contributed by atoms with Crippen LogP contribution in [0.1, 0.15) is 35.8 Å². The van der Waals surface area contributed by atoms with E-state index in [1.54, 1.807) is 0 Å². The van der Waals surface area contributed by atoms with Crippen molar-refractivity contribution in [3.8, 4) is 0 Å². The van der Waals surface area contributed by atoms with Gasteiger partial charge in [-0.2, -0.15) is 0 Å². The summed E-state index contributed by atoms with van der Waals surface area (Å²) < 4.78 is 0. The van der Waals surface area contributed by atoms with Gasteiger partial charge in [-0.05, 0) is 44.7 Å². The summed E-state index contributed by atoms with van der Waals surface area (Å²) in [4.78, 5) is 19.4. The molecule has 1 aliphatic heterocycles. The van der Waals surface area contributed by atoms with Crippen molar-refractivity contribution in [2.24, 2.45) is 11.7 Å². The summed E-state index contributed by atoms with van der Waals surface area (Å²) in [6, 6.07) is 10.0. The van der Waals surface area contributed by atoms with E-state index in [9.17, 15) is 4.79 Å². The number of hydrogen-bond acceptors (Lipinski definition) is 3. The molecule has 2 heterocycles. The summed E-state index contributed by atoms with van der Waals surface area (Å²) in [5, 5.41) is 1.02. The van der Waals surface area contributed by atoms with Gasteiger partial charge in [-0.1, -0.05) is 18.2 Å². The van der Waals surface area contributed by atoms with Gasteiger partial charge in [0, 0.05) is 30.2 Å². The first kappa shape index (κ1) is 15.0. The zero-order chi connectivity index (χ0) is 15.7. The molecule has 1 aromatic carbocycles. The Morgan fingerprint density at radius 2 is 2.00 bits per heavy atom. The molecule has 0 radical (unpaired) electrons. The van der Waals surface area contributed by atoms with Gasteiger partial charge in [-0.25, -0.2) is 0 Å². The third kappa shape index (κ3) is 2.83. The van der Waals surface area contributed by atoms with Crippen LogP contribution in [0.25, 0.3) is 10.9 Å². The van der Waals surface area contributed by atoms with E-state index in [1.807, 2.05) is 42.2 Å². The largest absolute Gasteiger partial charge is 0.339 e. The first-order valence-electron chi connectivity index (χ1n) is 7.97. The van der Waals surface area contributed by atoms with Gasteiger partial charge in [0.05, 0.1) is 11.1 Å². The van der Waals surface area contributed by atoms with Crippen LogP contribution in [0.15, 0.2) is 30.3 Å². The van der Waals surface area contributed by atoms with Crippen molar-refractivity contribution in [1.29, 1.82) is 0 Å². The predicted octanol–water partition coefficient (Wildman–Crippen LogP) is 2.74. The zero-order valence-electron chi connectivity index (χ0n) is 13.2. The predicted molar refractivity (Wildman–Crippen MR) is 88.8 cm³/mol. The first-order chi connectivity index (χ1) is 10.6. The van der Waals surface area contributed by atoms with E-state index in [4.69, 9.17) is 5.73 Å². The minimum absolute atomic E-state index is 0.0897. The van der Waals surface area contributed by atoms with Gasteiger partial charge in [-0.15, -0.1) is 0 Å². The van der Waals surface area contributed by atoms with Crippen molar-refractivity contribution in [1.82, 2.24) is 9.88 Å². The molecule has 116 valence electrons. The van der Waals surface area contributed by atoms with E-state index in [1.165, 1.54) is 0 Å². The van der Waals surface area contributed by atoms with Crippen LogP contribution in [-0.2, 0) is 0 Å². The van der Waals surface area contributed by atoms with Crippen molar-refractivity contribution in [2.45, 2.75) is 32.7 Å². The molecule has 0 saturated carbocycles. The highest BCUT2D eigenvalue weighted by atomic mass is 16.2. The van der Waals surface area contributed by atoms with Crippen molar-refractivity contribution in [3.05, 3.63) is 41.6 Å². The highest BCUT2D eigenvalue weighted by Gasteiger charge is 2.26. The molecule has 2 N–H and O–H groups in total. The number of amides is 1. The highest BCUT2D eigenvalue weighted by Crippen LogP contribution is 2.23. The molecule has 1 amide bonds. The number of carbonyl (C=O) groups excluding carboxylic acids is 1. The monoisotopic (exact) mass is 297 g/mol. The maximum Gasteiger partial charge on any atom is 0.256 e. The number of pyridine rings is 1. The summed E-state index contributed by atoms with van der Waals surface area (Å²) in [6.45, 7) is 5.58. The second-order valence-electron chi connectivity index (χ2n) is 6.32. The van der Waals surface area contributed by atoms with Crippen LogP contribution in [0.4, 0.5) is 0 Å². The fourth-order valence-electron chi connectivity index (χ4n) is 3.22. The van der Waals surface area contributed by atoms with E-state index in [-0.39, 0.29) is 11.9 Å². The van der Waals surface area contributed by atoms with Crippen LogP contribution in [-0.4, -0.2) is 34.9 Å². The van der Waals surface area contributed by atoms with Crippen LogP contribution in [0, 0.1) is 12.8 Å². The molecule has 3 rings (SSSR count). The Labute approximate surface area is 131 Å². The lowest BCUT2D eigenvalue weighted by Crippen LogP contribution is -2.42. The highest BCUT2D eigenvalue weighted by molar-refractivity contribution is 6.05. The maximum absolute atomic E-state index is 12.9. The molecule has 1 aliphatic rings. The summed E-state index contributed by atoms with van der Waals surface area (Å²) in [5.74, 6) is 0.615.